The fraction of sp³-hybridized carbons (Fsp3) is 0.150. The Kier molecular flexibility index (Phi) is 3.80. The molecule has 2 heterocycles. The van der Waals surface area contributed by atoms with Crippen molar-refractivity contribution < 1.29 is 14.0 Å². The number of aromatic amines is 1. The highest BCUT2D eigenvalue weighted by Crippen LogP contribution is 2.24. The number of fused-ring (bicyclic) bond motifs is 2. The normalized spacial score (nSPS) is 11.2. The summed E-state index contributed by atoms with van der Waals surface area (Å²) >= 11 is 0. The van der Waals surface area contributed by atoms with Gasteiger partial charge in [-0.3, -0.25) is 9.59 Å². The Bertz CT molecular complexity index is 1150. The fourth-order valence-electron chi connectivity index (χ4n) is 3.07. The van der Waals surface area contributed by atoms with E-state index in [1.807, 2.05) is 31.2 Å². The van der Waals surface area contributed by atoms with Crippen molar-refractivity contribution in [3.63, 3.8) is 0 Å². The van der Waals surface area contributed by atoms with Gasteiger partial charge >= 0.3 is 0 Å². The molecule has 4 rings (SSSR count). The molecule has 130 valence electrons. The maximum absolute atomic E-state index is 12.7. The average Bonchev–Trinajstić information content (AvgIpc) is 3.20. The van der Waals surface area contributed by atoms with E-state index < -0.39 is 11.7 Å². The number of nitrogens with zero attached hydrogens (tertiary/aromatic N) is 1. The second kappa shape index (κ2) is 6.15. The molecule has 1 amide bonds. The number of carbonyl (C=O) groups excluding carboxylic acids is 2. The van der Waals surface area contributed by atoms with E-state index in [0.29, 0.717) is 40.4 Å². The van der Waals surface area contributed by atoms with Gasteiger partial charge in [-0.2, -0.15) is 0 Å². The van der Waals surface area contributed by atoms with Gasteiger partial charge in [-0.15, -0.1) is 0 Å². The summed E-state index contributed by atoms with van der Waals surface area (Å²) < 4.78 is 5.55. The number of anilines is 1. The predicted octanol–water partition coefficient (Wildman–Crippen LogP) is 4.00. The van der Waals surface area contributed by atoms with Crippen molar-refractivity contribution in [2.24, 2.45) is 0 Å². The van der Waals surface area contributed by atoms with E-state index in [2.05, 4.69) is 15.3 Å². The summed E-state index contributed by atoms with van der Waals surface area (Å²) in [6, 6.07) is 12.6. The van der Waals surface area contributed by atoms with Gasteiger partial charge in [0, 0.05) is 28.7 Å². The third-order valence-corrected chi connectivity index (χ3v) is 4.32. The number of carbonyl (C=O) groups is 2. The number of nitrogens with one attached hydrogen (secondary N) is 2. The Morgan fingerprint density at radius 1 is 1.19 bits per heavy atom. The molecule has 0 saturated heterocycles. The SMILES string of the molecule is CCc1nc2cc(NC(=O)C(=O)c3c(C)[nH]c4ccccc34)ccc2o1. The molecule has 0 radical (unpaired) electrons. The van der Waals surface area contributed by atoms with Crippen LogP contribution in [0.4, 0.5) is 5.69 Å². The number of para-hydroxylation sites is 1. The highest BCUT2D eigenvalue weighted by Gasteiger charge is 2.22. The first kappa shape index (κ1) is 16.1. The van der Waals surface area contributed by atoms with Gasteiger partial charge in [0.15, 0.2) is 11.5 Å². The lowest BCUT2D eigenvalue weighted by Gasteiger charge is -2.04. The number of amides is 1. The molecule has 4 aromatic rings. The monoisotopic (exact) mass is 347 g/mol. The molecule has 0 saturated carbocycles. The molecule has 2 aromatic carbocycles. The van der Waals surface area contributed by atoms with Gasteiger partial charge in [-0.05, 0) is 31.2 Å². The van der Waals surface area contributed by atoms with Crippen molar-refractivity contribution >= 4 is 39.4 Å². The zero-order valence-electron chi connectivity index (χ0n) is 14.4. The van der Waals surface area contributed by atoms with Gasteiger partial charge in [-0.25, -0.2) is 4.98 Å². The van der Waals surface area contributed by atoms with Gasteiger partial charge in [0.1, 0.15) is 5.52 Å². The van der Waals surface area contributed by atoms with Gasteiger partial charge in [0.05, 0.1) is 5.56 Å². The number of rotatable bonds is 4. The van der Waals surface area contributed by atoms with Crippen LogP contribution in [-0.4, -0.2) is 21.7 Å². The summed E-state index contributed by atoms with van der Waals surface area (Å²) in [6.45, 7) is 3.74. The summed E-state index contributed by atoms with van der Waals surface area (Å²) in [6.07, 6.45) is 0.689. The second-order valence-electron chi connectivity index (χ2n) is 6.10. The first-order chi connectivity index (χ1) is 12.6. The Labute approximate surface area is 149 Å². The predicted molar refractivity (Wildman–Crippen MR) is 99.4 cm³/mol. The number of aryl methyl sites for hydroxylation is 2. The average molecular weight is 347 g/mol. The first-order valence-electron chi connectivity index (χ1n) is 8.39. The molecule has 2 aromatic heterocycles. The molecule has 26 heavy (non-hydrogen) atoms. The minimum absolute atomic E-state index is 0.397. The topological polar surface area (TPSA) is 88.0 Å². The van der Waals surface area contributed by atoms with Crippen LogP contribution < -0.4 is 5.32 Å². The van der Waals surface area contributed by atoms with E-state index in [0.717, 1.165) is 10.9 Å². The van der Waals surface area contributed by atoms with Crippen molar-refractivity contribution in [3.05, 3.63) is 59.6 Å². The first-order valence-corrected chi connectivity index (χ1v) is 8.39. The Morgan fingerprint density at radius 3 is 2.81 bits per heavy atom. The summed E-state index contributed by atoms with van der Waals surface area (Å²) in [7, 11) is 0. The van der Waals surface area contributed by atoms with Gasteiger partial charge < -0.3 is 14.7 Å². The van der Waals surface area contributed by atoms with Crippen LogP contribution in [0, 0.1) is 6.92 Å². The highest BCUT2D eigenvalue weighted by molar-refractivity contribution is 6.48. The molecule has 6 heteroatoms. The van der Waals surface area contributed by atoms with Gasteiger partial charge in [0.25, 0.3) is 11.7 Å². The lowest BCUT2D eigenvalue weighted by Crippen LogP contribution is -2.23. The third-order valence-electron chi connectivity index (χ3n) is 4.32. The largest absolute Gasteiger partial charge is 0.441 e. The van der Waals surface area contributed by atoms with Gasteiger partial charge in [-0.1, -0.05) is 25.1 Å². The molecule has 0 spiro atoms. The number of Topliss-reactive ketones (excluding diaryl/α,β-unsaturated/α-hetero) is 1. The van der Waals surface area contributed by atoms with Crippen molar-refractivity contribution in [1.82, 2.24) is 9.97 Å². The van der Waals surface area contributed by atoms with Crippen molar-refractivity contribution in [3.8, 4) is 0 Å². The molecule has 0 fully saturated rings. The second-order valence-corrected chi connectivity index (χ2v) is 6.10. The number of benzene rings is 2. The lowest BCUT2D eigenvalue weighted by molar-refractivity contribution is -0.112. The van der Waals surface area contributed by atoms with E-state index in [4.69, 9.17) is 4.42 Å². The smallest absolute Gasteiger partial charge is 0.296 e. The number of hydrogen-bond donors (Lipinski definition) is 2. The Balaban J connectivity index is 1.63. The van der Waals surface area contributed by atoms with Crippen LogP contribution in [0.1, 0.15) is 28.9 Å². The quantitative estimate of drug-likeness (QED) is 0.431. The van der Waals surface area contributed by atoms with Gasteiger partial charge in [0.2, 0.25) is 0 Å². The third kappa shape index (κ3) is 2.65. The Hall–Kier alpha value is -3.41. The number of hydrogen-bond acceptors (Lipinski definition) is 4. The van der Waals surface area contributed by atoms with Crippen molar-refractivity contribution in [2.45, 2.75) is 20.3 Å². The standard InChI is InChI=1S/C20H17N3O3/c1-3-17-23-15-10-12(8-9-16(15)26-17)22-20(25)19(24)18-11(2)21-14-7-5-4-6-13(14)18/h4-10,21H,3H2,1-2H3,(H,22,25). The Morgan fingerprint density at radius 2 is 2.00 bits per heavy atom. The molecule has 0 unspecified atom stereocenters. The maximum atomic E-state index is 12.7. The van der Waals surface area contributed by atoms with Crippen LogP contribution in [-0.2, 0) is 11.2 Å². The van der Waals surface area contributed by atoms with E-state index in [1.54, 1.807) is 25.1 Å². The summed E-state index contributed by atoms with van der Waals surface area (Å²) in [5.74, 6) is -0.625. The van der Waals surface area contributed by atoms with Crippen LogP contribution >= 0.6 is 0 Å². The lowest BCUT2D eigenvalue weighted by atomic mass is 10.1. The van der Waals surface area contributed by atoms with Crippen LogP contribution in [0.2, 0.25) is 0 Å². The minimum atomic E-state index is -0.684. The summed E-state index contributed by atoms with van der Waals surface area (Å²) in [4.78, 5) is 32.7. The minimum Gasteiger partial charge on any atom is -0.441 e. The summed E-state index contributed by atoms with van der Waals surface area (Å²) in [5.41, 5.74) is 3.70. The van der Waals surface area contributed by atoms with E-state index >= 15 is 0 Å². The fourth-order valence-corrected chi connectivity index (χ4v) is 3.07. The number of aromatic nitrogens is 2. The number of H-pyrrole nitrogens is 1. The molecule has 0 aliphatic carbocycles. The molecule has 2 N–H and O–H groups in total. The molecule has 0 bridgehead atoms. The van der Waals surface area contributed by atoms with Crippen LogP contribution in [0.3, 0.4) is 0 Å². The zero-order chi connectivity index (χ0) is 18.3. The number of ketones is 1. The molecule has 0 atom stereocenters. The van der Waals surface area contributed by atoms with Crippen molar-refractivity contribution in [1.29, 1.82) is 0 Å². The van der Waals surface area contributed by atoms with E-state index in [9.17, 15) is 9.59 Å². The van der Waals surface area contributed by atoms with Crippen LogP contribution in [0.15, 0.2) is 46.9 Å². The highest BCUT2D eigenvalue weighted by atomic mass is 16.3. The van der Waals surface area contributed by atoms with Crippen molar-refractivity contribution in [2.75, 3.05) is 5.32 Å². The molecule has 0 aliphatic rings. The molecular formula is C20H17N3O3. The maximum Gasteiger partial charge on any atom is 0.296 e. The van der Waals surface area contributed by atoms with Crippen LogP contribution in [0.25, 0.3) is 22.0 Å². The molecule has 0 aliphatic heterocycles. The van der Waals surface area contributed by atoms with E-state index in [-0.39, 0.29) is 0 Å². The number of oxazole rings is 1. The van der Waals surface area contributed by atoms with E-state index in [1.165, 1.54) is 0 Å². The van der Waals surface area contributed by atoms with Crippen LogP contribution in [0.5, 0.6) is 0 Å². The molecular weight excluding hydrogens is 330 g/mol. The summed E-state index contributed by atoms with van der Waals surface area (Å²) in [5, 5.41) is 3.40. The molecule has 6 nitrogen and oxygen atoms in total. The zero-order valence-corrected chi connectivity index (χ0v) is 14.4.